The average Bonchev–Trinajstić information content (AvgIpc) is 3.21. The zero-order valence-corrected chi connectivity index (χ0v) is 17.2. The molecule has 0 spiro atoms. The molecular weight excluding hydrogens is 407 g/mol. The van der Waals surface area contributed by atoms with Crippen LogP contribution in [-0.2, 0) is 13.2 Å². The van der Waals surface area contributed by atoms with Crippen molar-refractivity contribution in [3.8, 4) is 5.75 Å². The first-order valence-electron chi connectivity index (χ1n) is 9.69. The molecule has 1 aromatic carbocycles. The van der Waals surface area contributed by atoms with E-state index in [1.54, 1.807) is 6.07 Å². The van der Waals surface area contributed by atoms with E-state index < -0.39 is 17.2 Å². The average molecular weight is 430 g/mol. The summed E-state index contributed by atoms with van der Waals surface area (Å²) in [5.74, 6) is -0.329. The number of nitrogen functional groups attached to an aromatic ring is 1. The van der Waals surface area contributed by atoms with Crippen molar-refractivity contribution in [2.75, 3.05) is 17.7 Å². The van der Waals surface area contributed by atoms with Crippen LogP contribution in [0.5, 0.6) is 5.75 Å². The highest BCUT2D eigenvalue weighted by Gasteiger charge is 2.24. The monoisotopic (exact) mass is 430 g/mol. The summed E-state index contributed by atoms with van der Waals surface area (Å²) < 4.78 is 25.2. The Morgan fingerprint density at radius 2 is 1.94 bits per heavy atom. The van der Waals surface area contributed by atoms with E-state index >= 15 is 0 Å². The van der Waals surface area contributed by atoms with Crippen molar-refractivity contribution in [3.05, 3.63) is 74.6 Å². The number of nitrogens with one attached hydrogen (secondary N) is 1. The summed E-state index contributed by atoms with van der Waals surface area (Å²) >= 11 is 0. The summed E-state index contributed by atoms with van der Waals surface area (Å²) in [6.45, 7) is 2.30. The van der Waals surface area contributed by atoms with E-state index in [4.69, 9.17) is 14.9 Å². The second-order valence-electron chi connectivity index (χ2n) is 6.87. The number of H-pyrrole nitrogens is 1. The predicted molar refractivity (Wildman–Crippen MR) is 113 cm³/mol. The van der Waals surface area contributed by atoms with Crippen molar-refractivity contribution in [2.45, 2.75) is 32.9 Å². The van der Waals surface area contributed by atoms with E-state index in [2.05, 4.69) is 4.98 Å². The van der Waals surface area contributed by atoms with Crippen LogP contribution in [0, 0.1) is 5.82 Å². The van der Waals surface area contributed by atoms with E-state index in [9.17, 15) is 18.8 Å². The summed E-state index contributed by atoms with van der Waals surface area (Å²) in [6, 6.07) is 8.48. The topological polar surface area (TPSA) is 124 Å². The minimum absolute atomic E-state index is 0.0211. The van der Waals surface area contributed by atoms with Gasteiger partial charge in [-0.05, 0) is 42.8 Å². The van der Waals surface area contributed by atoms with Gasteiger partial charge in [0.2, 0.25) is 0 Å². The molecule has 3 N–H and O–H groups in total. The van der Waals surface area contributed by atoms with E-state index in [0.29, 0.717) is 24.5 Å². The van der Waals surface area contributed by atoms with E-state index in [1.165, 1.54) is 41.9 Å². The van der Waals surface area contributed by atoms with Crippen LogP contribution in [-0.4, -0.2) is 22.5 Å². The van der Waals surface area contributed by atoms with Crippen molar-refractivity contribution in [1.29, 1.82) is 0 Å². The number of carbonyl (C=O) groups excluding carboxylic acids is 1. The molecule has 0 unspecified atom stereocenters. The number of anilines is 2. The lowest BCUT2D eigenvalue weighted by atomic mass is 10.3. The number of aromatic amines is 1. The third-order valence-corrected chi connectivity index (χ3v) is 4.66. The molecule has 0 saturated heterocycles. The Bertz CT molecular complexity index is 1180. The Balaban J connectivity index is 1.78. The number of amides is 1. The molecule has 2 aromatic heterocycles. The van der Waals surface area contributed by atoms with Gasteiger partial charge in [-0.25, -0.2) is 9.18 Å². The number of halogens is 1. The number of aromatic nitrogens is 2. The molecule has 3 aromatic rings. The summed E-state index contributed by atoms with van der Waals surface area (Å²) in [5.41, 5.74) is 4.51. The normalized spacial score (nSPS) is 10.8. The number of rotatable bonds is 8. The molecule has 0 atom stereocenters. The first-order chi connectivity index (χ1) is 14.8. The Labute approximate surface area is 176 Å². The molecule has 10 heteroatoms. The first-order valence-corrected chi connectivity index (χ1v) is 9.69. The van der Waals surface area contributed by atoms with Crippen LogP contribution in [0.3, 0.4) is 0 Å². The maximum Gasteiger partial charge on any atom is 0.330 e. The summed E-state index contributed by atoms with van der Waals surface area (Å²) in [7, 11) is 1.37. The number of hydrogen-bond acceptors (Lipinski definition) is 6. The zero-order valence-electron chi connectivity index (χ0n) is 17.2. The van der Waals surface area contributed by atoms with E-state index in [1.807, 2.05) is 6.92 Å². The molecule has 0 aliphatic carbocycles. The van der Waals surface area contributed by atoms with Gasteiger partial charge in [0.25, 0.3) is 11.5 Å². The number of unbranched alkanes of at least 4 members (excludes halogenated alkanes) is 1. The van der Waals surface area contributed by atoms with Crippen LogP contribution in [0.2, 0.25) is 0 Å². The standard InChI is InChI=1S/C21H23FN4O5/c1-3-4-11-26-18(23)17(19(27)24-21(26)29)25(2)20(28)16-10-9-15(31-16)12-30-14-7-5-13(22)6-8-14/h5-10H,3-4,11-12,23H2,1-2H3,(H,24,27,29). The Morgan fingerprint density at radius 1 is 1.23 bits per heavy atom. The fourth-order valence-electron chi connectivity index (χ4n) is 2.96. The van der Waals surface area contributed by atoms with Gasteiger partial charge < -0.3 is 19.8 Å². The molecule has 0 fully saturated rings. The molecule has 2 heterocycles. The highest BCUT2D eigenvalue weighted by Crippen LogP contribution is 2.20. The minimum Gasteiger partial charge on any atom is -0.486 e. The van der Waals surface area contributed by atoms with Crippen LogP contribution in [0.25, 0.3) is 0 Å². The lowest BCUT2D eigenvalue weighted by molar-refractivity contribution is 0.0962. The molecule has 0 radical (unpaired) electrons. The van der Waals surface area contributed by atoms with Crippen molar-refractivity contribution >= 4 is 17.4 Å². The molecule has 1 amide bonds. The van der Waals surface area contributed by atoms with Gasteiger partial charge in [0, 0.05) is 13.6 Å². The van der Waals surface area contributed by atoms with E-state index in [0.717, 1.165) is 11.3 Å². The maximum absolute atomic E-state index is 13.0. The molecule has 0 aliphatic heterocycles. The summed E-state index contributed by atoms with van der Waals surface area (Å²) in [6.07, 6.45) is 1.51. The zero-order chi connectivity index (χ0) is 22.5. The third-order valence-electron chi connectivity index (χ3n) is 4.66. The van der Waals surface area contributed by atoms with Crippen molar-refractivity contribution in [3.63, 3.8) is 0 Å². The van der Waals surface area contributed by atoms with Crippen LogP contribution in [0.1, 0.15) is 36.1 Å². The third kappa shape index (κ3) is 4.85. The Morgan fingerprint density at radius 3 is 2.61 bits per heavy atom. The van der Waals surface area contributed by atoms with Gasteiger partial charge in [-0.3, -0.25) is 19.1 Å². The van der Waals surface area contributed by atoms with Crippen molar-refractivity contribution in [2.24, 2.45) is 0 Å². The summed E-state index contributed by atoms with van der Waals surface area (Å²) in [5, 5.41) is 0. The number of nitrogens with zero attached hydrogens (tertiary/aromatic N) is 2. The highest BCUT2D eigenvalue weighted by atomic mass is 19.1. The molecule has 164 valence electrons. The number of carbonyl (C=O) groups is 1. The van der Waals surface area contributed by atoms with Gasteiger partial charge >= 0.3 is 5.69 Å². The lowest BCUT2D eigenvalue weighted by Crippen LogP contribution is -2.39. The molecule has 0 bridgehead atoms. The summed E-state index contributed by atoms with van der Waals surface area (Å²) in [4.78, 5) is 40.5. The van der Waals surface area contributed by atoms with Gasteiger partial charge in [-0.15, -0.1) is 0 Å². The molecule has 0 aliphatic rings. The fraction of sp³-hybridized carbons (Fsp3) is 0.286. The maximum atomic E-state index is 13.0. The van der Waals surface area contributed by atoms with Crippen molar-refractivity contribution < 1.29 is 18.3 Å². The van der Waals surface area contributed by atoms with Crippen molar-refractivity contribution in [1.82, 2.24) is 9.55 Å². The van der Waals surface area contributed by atoms with Gasteiger partial charge in [0.05, 0.1) is 0 Å². The van der Waals surface area contributed by atoms with Crippen LogP contribution < -0.4 is 26.6 Å². The highest BCUT2D eigenvalue weighted by molar-refractivity contribution is 6.05. The lowest BCUT2D eigenvalue weighted by Gasteiger charge is -2.19. The number of benzene rings is 1. The van der Waals surface area contributed by atoms with Crippen LogP contribution >= 0.6 is 0 Å². The van der Waals surface area contributed by atoms with Crippen LogP contribution in [0.15, 0.2) is 50.4 Å². The second-order valence-corrected chi connectivity index (χ2v) is 6.87. The quantitative estimate of drug-likeness (QED) is 0.566. The first kappa shape index (κ1) is 21.9. The fourth-order valence-corrected chi connectivity index (χ4v) is 2.96. The Hall–Kier alpha value is -3.82. The molecule has 3 rings (SSSR count). The second kappa shape index (κ2) is 9.33. The van der Waals surface area contributed by atoms with Gasteiger partial charge in [-0.1, -0.05) is 13.3 Å². The Kier molecular flexibility index (Phi) is 6.58. The van der Waals surface area contributed by atoms with Gasteiger partial charge in [-0.2, -0.15) is 0 Å². The molecule has 9 nitrogen and oxygen atoms in total. The number of ether oxygens (including phenoxy) is 1. The number of nitrogens with two attached hydrogens (primary N) is 1. The molecular formula is C21H23FN4O5. The van der Waals surface area contributed by atoms with Gasteiger partial charge in [0.15, 0.2) is 11.4 Å². The van der Waals surface area contributed by atoms with Gasteiger partial charge in [0.1, 0.15) is 29.8 Å². The number of hydrogen-bond donors (Lipinski definition) is 2. The van der Waals surface area contributed by atoms with Crippen LogP contribution in [0.4, 0.5) is 15.9 Å². The largest absolute Gasteiger partial charge is 0.486 e. The smallest absolute Gasteiger partial charge is 0.330 e. The van der Waals surface area contributed by atoms with E-state index in [-0.39, 0.29) is 29.7 Å². The minimum atomic E-state index is -0.766. The molecule has 31 heavy (non-hydrogen) atoms. The number of furan rings is 1. The SMILES string of the molecule is CCCCn1c(N)c(N(C)C(=O)c2ccc(COc3ccc(F)cc3)o2)c(=O)[nH]c1=O. The molecule has 0 saturated carbocycles. The predicted octanol–water partition coefficient (Wildman–Crippen LogP) is 2.51.